The van der Waals surface area contributed by atoms with Gasteiger partial charge in [0, 0.05) is 11.8 Å². The third kappa shape index (κ3) is 3.51. The van der Waals surface area contributed by atoms with Gasteiger partial charge in [0.15, 0.2) is 0 Å². The Kier molecular flexibility index (Phi) is 6.81. The molecule has 0 fully saturated rings. The molecule has 0 aliphatic rings. The predicted octanol–water partition coefficient (Wildman–Crippen LogP) is 3.90. The lowest BCUT2D eigenvalue weighted by Gasteiger charge is -2.07. The highest BCUT2D eigenvalue weighted by Gasteiger charge is 2.11. The van der Waals surface area contributed by atoms with Gasteiger partial charge < -0.3 is 5.73 Å². The summed E-state index contributed by atoms with van der Waals surface area (Å²) in [5.74, 6) is 0.449. The first-order chi connectivity index (χ1) is 10.8. The topological polar surface area (TPSA) is 43.8 Å². The number of terminal acetylenes is 1. The summed E-state index contributed by atoms with van der Waals surface area (Å²) in [4.78, 5) is 4.42. The molecule has 22 heavy (non-hydrogen) atoms. The lowest BCUT2D eigenvalue weighted by molar-refractivity contribution is 0.629. The Morgan fingerprint density at radius 2 is 1.73 bits per heavy atom. The van der Waals surface area contributed by atoms with Gasteiger partial charge in [0.25, 0.3) is 0 Å². The van der Waals surface area contributed by atoms with Gasteiger partial charge in [-0.05, 0) is 24.3 Å². The summed E-state index contributed by atoms with van der Waals surface area (Å²) in [5.41, 5.74) is 8.14. The van der Waals surface area contributed by atoms with Crippen molar-refractivity contribution < 1.29 is 4.39 Å². The number of imidazole rings is 1. The number of halogens is 1. The standard InChI is InChI=1S/C14H12FN3.C2H6.C2H2/c15-10-6-7-12-13(8-10)18(14(9-16)17-12)11-4-2-1-3-5-11;2*1-2/h1-8H,9,16H2;1-2H3;1-2H. The number of nitrogens with zero attached hydrogens (tertiary/aromatic N) is 2. The van der Waals surface area contributed by atoms with Gasteiger partial charge >= 0.3 is 0 Å². The third-order valence-electron chi connectivity index (χ3n) is 2.88. The SMILES string of the molecule is C#C.CC.NCc1nc2ccc(F)cc2n1-c1ccccc1. The largest absolute Gasteiger partial charge is 0.324 e. The molecule has 0 aliphatic carbocycles. The summed E-state index contributed by atoms with van der Waals surface area (Å²) in [5, 5.41) is 0. The Morgan fingerprint density at radius 3 is 2.32 bits per heavy atom. The maximum absolute atomic E-state index is 13.4. The van der Waals surface area contributed by atoms with Crippen LogP contribution in [0.5, 0.6) is 0 Å². The Hall–Kier alpha value is -2.64. The average Bonchev–Trinajstić information content (AvgIpc) is 2.97. The van der Waals surface area contributed by atoms with E-state index in [0.29, 0.717) is 6.54 Å². The van der Waals surface area contributed by atoms with E-state index >= 15 is 0 Å². The van der Waals surface area contributed by atoms with Crippen molar-refractivity contribution in [3.05, 3.63) is 60.2 Å². The number of hydrogen-bond acceptors (Lipinski definition) is 2. The molecule has 0 unspecified atom stereocenters. The molecule has 0 saturated carbocycles. The molecule has 4 heteroatoms. The molecule has 3 rings (SSSR count). The Bertz CT molecular complexity index is 730. The molecule has 0 amide bonds. The van der Waals surface area contributed by atoms with Crippen LogP contribution in [0.4, 0.5) is 4.39 Å². The second kappa shape index (κ2) is 8.60. The molecule has 0 spiro atoms. The van der Waals surface area contributed by atoms with Crippen LogP contribution in [-0.2, 0) is 6.54 Å². The van der Waals surface area contributed by atoms with Crippen molar-refractivity contribution in [1.29, 1.82) is 0 Å². The second-order valence-electron chi connectivity index (χ2n) is 4.04. The van der Waals surface area contributed by atoms with Gasteiger partial charge in [0.2, 0.25) is 0 Å². The van der Waals surface area contributed by atoms with Gasteiger partial charge in [-0.25, -0.2) is 9.37 Å². The molecular formula is C18H20FN3. The van der Waals surface area contributed by atoms with E-state index in [9.17, 15) is 4.39 Å². The number of rotatable bonds is 2. The molecule has 3 nitrogen and oxygen atoms in total. The van der Waals surface area contributed by atoms with Crippen LogP contribution >= 0.6 is 0 Å². The van der Waals surface area contributed by atoms with Crippen molar-refractivity contribution in [3.63, 3.8) is 0 Å². The first-order valence-electron chi connectivity index (χ1n) is 7.05. The van der Waals surface area contributed by atoms with E-state index < -0.39 is 0 Å². The van der Waals surface area contributed by atoms with Crippen LogP contribution in [0.15, 0.2) is 48.5 Å². The highest BCUT2D eigenvalue weighted by Crippen LogP contribution is 2.22. The number of nitrogens with two attached hydrogens (primary N) is 1. The van der Waals surface area contributed by atoms with Crippen molar-refractivity contribution in [3.8, 4) is 18.5 Å². The molecule has 3 aromatic rings. The summed E-state index contributed by atoms with van der Waals surface area (Å²) in [6.45, 7) is 4.31. The highest BCUT2D eigenvalue weighted by molar-refractivity contribution is 5.78. The maximum Gasteiger partial charge on any atom is 0.128 e. The number of para-hydroxylation sites is 1. The van der Waals surface area contributed by atoms with Crippen LogP contribution in [0.2, 0.25) is 0 Å². The zero-order valence-electron chi connectivity index (χ0n) is 12.8. The molecule has 0 atom stereocenters. The number of benzene rings is 2. The average molecular weight is 297 g/mol. The molecule has 0 bridgehead atoms. The van der Waals surface area contributed by atoms with Crippen molar-refractivity contribution in [2.75, 3.05) is 0 Å². The van der Waals surface area contributed by atoms with E-state index in [1.807, 2.05) is 48.7 Å². The van der Waals surface area contributed by atoms with Crippen LogP contribution in [0.3, 0.4) is 0 Å². The minimum absolute atomic E-state index is 0.275. The fourth-order valence-corrected chi connectivity index (χ4v) is 2.10. The van der Waals surface area contributed by atoms with E-state index in [1.54, 1.807) is 6.07 Å². The van der Waals surface area contributed by atoms with E-state index in [4.69, 9.17) is 5.73 Å². The van der Waals surface area contributed by atoms with Crippen molar-refractivity contribution >= 4 is 11.0 Å². The number of fused-ring (bicyclic) bond motifs is 1. The maximum atomic E-state index is 13.4. The van der Waals surface area contributed by atoms with E-state index in [0.717, 1.165) is 22.5 Å². The monoisotopic (exact) mass is 297 g/mol. The first-order valence-corrected chi connectivity index (χ1v) is 7.05. The fraction of sp³-hybridized carbons (Fsp3) is 0.167. The Labute approximate surface area is 130 Å². The van der Waals surface area contributed by atoms with Crippen molar-refractivity contribution in [1.82, 2.24) is 9.55 Å². The molecule has 2 N–H and O–H groups in total. The van der Waals surface area contributed by atoms with Crippen LogP contribution in [0.1, 0.15) is 19.7 Å². The minimum Gasteiger partial charge on any atom is -0.324 e. The quantitative estimate of drug-likeness (QED) is 0.729. The number of hydrogen-bond donors (Lipinski definition) is 1. The smallest absolute Gasteiger partial charge is 0.128 e. The molecule has 0 radical (unpaired) electrons. The predicted molar refractivity (Wildman–Crippen MR) is 90.2 cm³/mol. The Morgan fingerprint density at radius 1 is 1.09 bits per heavy atom. The van der Waals surface area contributed by atoms with Crippen LogP contribution in [0, 0.1) is 18.7 Å². The lowest BCUT2D eigenvalue weighted by Crippen LogP contribution is -2.06. The van der Waals surface area contributed by atoms with Crippen LogP contribution < -0.4 is 5.73 Å². The van der Waals surface area contributed by atoms with Crippen LogP contribution in [0.25, 0.3) is 16.7 Å². The Balaban J connectivity index is 0.000000561. The van der Waals surface area contributed by atoms with Crippen molar-refractivity contribution in [2.24, 2.45) is 5.73 Å². The van der Waals surface area contributed by atoms with Crippen LogP contribution in [-0.4, -0.2) is 9.55 Å². The molecule has 0 aliphatic heterocycles. The third-order valence-corrected chi connectivity index (χ3v) is 2.88. The van der Waals surface area contributed by atoms with Gasteiger partial charge in [-0.3, -0.25) is 4.57 Å². The highest BCUT2D eigenvalue weighted by atomic mass is 19.1. The van der Waals surface area contributed by atoms with Gasteiger partial charge in [0.1, 0.15) is 11.6 Å². The van der Waals surface area contributed by atoms with Gasteiger partial charge in [0.05, 0.1) is 17.6 Å². The van der Waals surface area contributed by atoms with Gasteiger partial charge in [-0.15, -0.1) is 12.8 Å². The molecule has 0 saturated heterocycles. The van der Waals surface area contributed by atoms with Crippen molar-refractivity contribution in [2.45, 2.75) is 20.4 Å². The summed E-state index contributed by atoms with van der Waals surface area (Å²) < 4.78 is 15.3. The van der Waals surface area contributed by atoms with Gasteiger partial charge in [-0.1, -0.05) is 32.0 Å². The molecule has 114 valence electrons. The van der Waals surface area contributed by atoms with E-state index in [-0.39, 0.29) is 5.82 Å². The summed E-state index contributed by atoms with van der Waals surface area (Å²) in [7, 11) is 0. The fourth-order valence-electron chi connectivity index (χ4n) is 2.10. The molecule has 1 aromatic heterocycles. The second-order valence-corrected chi connectivity index (χ2v) is 4.04. The summed E-state index contributed by atoms with van der Waals surface area (Å²) in [6, 6.07) is 14.3. The zero-order chi connectivity index (χ0) is 16.5. The molecule has 2 aromatic carbocycles. The minimum atomic E-state index is -0.275. The zero-order valence-corrected chi connectivity index (χ0v) is 12.8. The molecule has 1 heterocycles. The summed E-state index contributed by atoms with van der Waals surface area (Å²) in [6.07, 6.45) is 8.00. The van der Waals surface area contributed by atoms with E-state index in [2.05, 4.69) is 17.8 Å². The first kappa shape index (κ1) is 17.4. The molecular weight excluding hydrogens is 277 g/mol. The normalized spacial score (nSPS) is 9.36. The van der Waals surface area contributed by atoms with Gasteiger partial charge in [-0.2, -0.15) is 0 Å². The number of aromatic nitrogens is 2. The lowest BCUT2D eigenvalue weighted by atomic mass is 10.2. The summed E-state index contributed by atoms with van der Waals surface area (Å²) >= 11 is 0. The van der Waals surface area contributed by atoms with E-state index in [1.165, 1.54) is 12.1 Å².